The Morgan fingerprint density at radius 2 is 2.02 bits per heavy atom. The molecule has 5 rings (SSSR count). The zero-order chi connectivity index (χ0) is 32.7. The zero-order valence-corrected chi connectivity index (χ0v) is 28.7. The number of ether oxygens (including phenoxy) is 2. The first-order chi connectivity index (χ1) is 22.2. The molecule has 1 aliphatic carbocycles. The molecule has 2 heterocycles. The van der Waals surface area contributed by atoms with Crippen LogP contribution in [-0.4, -0.2) is 38.5 Å². The Morgan fingerprint density at radius 3 is 2.78 bits per heavy atom. The second kappa shape index (κ2) is 15.1. The number of aromatic nitrogens is 1. The van der Waals surface area contributed by atoms with Gasteiger partial charge in [0.1, 0.15) is 10.4 Å². The minimum absolute atomic E-state index is 0.118. The third-order valence-corrected chi connectivity index (χ3v) is 9.51. The van der Waals surface area contributed by atoms with E-state index in [0.29, 0.717) is 19.5 Å². The van der Waals surface area contributed by atoms with E-state index in [2.05, 4.69) is 78.1 Å². The summed E-state index contributed by atoms with van der Waals surface area (Å²) in [6.45, 7) is 8.63. The van der Waals surface area contributed by atoms with Gasteiger partial charge in [-0.15, -0.1) is 0 Å². The summed E-state index contributed by atoms with van der Waals surface area (Å²) in [5, 5.41) is 12.7. The number of thiazole rings is 1. The van der Waals surface area contributed by atoms with Crippen molar-refractivity contribution in [3.63, 3.8) is 0 Å². The van der Waals surface area contributed by atoms with E-state index in [-0.39, 0.29) is 5.41 Å². The quantitative estimate of drug-likeness (QED) is 0.0872. The number of hydrogen-bond acceptors (Lipinski definition) is 7. The van der Waals surface area contributed by atoms with Crippen molar-refractivity contribution < 1.29 is 28.1 Å². The molecule has 1 aliphatic heterocycles. The molecule has 1 amide bonds. The Hall–Kier alpha value is -3.99. The van der Waals surface area contributed by atoms with E-state index in [1.165, 1.54) is 27.9 Å². The summed E-state index contributed by atoms with van der Waals surface area (Å²) in [6.07, 6.45) is 16.6. The molecule has 0 saturated carbocycles. The fourth-order valence-corrected chi connectivity index (χ4v) is 7.53. The highest BCUT2D eigenvalue weighted by molar-refractivity contribution is 7.94. The summed E-state index contributed by atoms with van der Waals surface area (Å²) in [5.41, 5.74) is 4.82. The van der Waals surface area contributed by atoms with Crippen molar-refractivity contribution in [2.24, 2.45) is 5.41 Å². The number of carbonyl (C=O) groups is 1. The summed E-state index contributed by atoms with van der Waals surface area (Å²) >= 11 is 3.10. The molecule has 46 heavy (non-hydrogen) atoms. The molecule has 10 heteroatoms. The first kappa shape index (κ1) is 33.4. The van der Waals surface area contributed by atoms with Gasteiger partial charge in [0.05, 0.1) is 19.9 Å². The predicted molar refractivity (Wildman–Crippen MR) is 188 cm³/mol. The van der Waals surface area contributed by atoms with Crippen LogP contribution in [0.1, 0.15) is 45.0 Å². The number of nitrogens with one attached hydrogen (secondary N) is 1. The monoisotopic (exact) mass is 660 g/mol. The Bertz CT molecular complexity index is 1730. The zero-order valence-electron chi connectivity index (χ0n) is 27.0. The third-order valence-electron chi connectivity index (χ3n) is 7.79. The maximum absolute atomic E-state index is 11.0. The van der Waals surface area contributed by atoms with Crippen molar-refractivity contribution in [1.82, 2.24) is 5.32 Å². The maximum Gasteiger partial charge on any atom is 0.404 e. The van der Waals surface area contributed by atoms with Crippen LogP contribution < -0.4 is 24.3 Å². The number of nitrogens with zero attached hydrogens (tertiary/aromatic N) is 2. The van der Waals surface area contributed by atoms with Crippen LogP contribution in [0, 0.1) is 5.41 Å². The molecule has 2 aliphatic rings. The minimum atomic E-state index is -0.996. The number of benzene rings is 2. The van der Waals surface area contributed by atoms with Gasteiger partial charge in [-0.3, -0.25) is 0 Å². The van der Waals surface area contributed by atoms with Gasteiger partial charge in [-0.25, -0.2) is 4.79 Å². The van der Waals surface area contributed by atoms with Crippen LogP contribution >= 0.6 is 23.4 Å². The lowest BCUT2D eigenvalue weighted by Crippen LogP contribution is -2.37. The van der Waals surface area contributed by atoms with E-state index >= 15 is 0 Å². The molecular formula is C36H42N3O5S2+. The van der Waals surface area contributed by atoms with E-state index in [1.807, 2.05) is 36.4 Å². The van der Waals surface area contributed by atoms with Crippen molar-refractivity contribution in [2.45, 2.75) is 51.5 Å². The lowest BCUT2D eigenvalue weighted by molar-refractivity contribution is -0.669. The fourth-order valence-electron chi connectivity index (χ4n) is 5.90. The molecule has 8 nitrogen and oxygen atoms in total. The van der Waals surface area contributed by atoms with Crippen molar-refractivity contribution >= 4 is 51.5 Å². The Morgan fingerprint density at radius 1 is 1.17 bits per heavy atom. The van der Waals surface area contributed by atoms with Crippen molar-refractivity contribution in [3.05, 3.63) is 94.9 Å². The van der Waals surface area contributed by atoms with Gasteiger partial charge in [-0.1, -0.05) is 55.6 Å². The molecule has 0 saturated heterocycles. The smallest absolute Gasteiger partial charge is 0.404 e. The highest BCUT2D eigenvalue weighted by Gasteiger charge is 2.27. The number of methoxy groups -OCH3 is 1. The number of anilines is 1. The fraction of sp³-hybridized carbons (Fsp3) is 0.333. The summed E-state index contributed by atoms with van der Waals surface area (Å²) in [5.74, 6) is 2.43. The number of allylic oxidation sites excluding steroid dienone is 8. The topological polar surface area (TPSA) is 84.1 Å². The average Bonchev–Trinajstić information content (AvgIpc) is 3.54. The standard InChI is InChI=1S/C36H41N3O5S2/c1-6-38-29-21-27(42-4)13-15-31(29)44-33(38)12-9-7-8-11-25-19-26(24-36(2,3)23-25)20-34-39(18-10-17-37-35(40)41)30-22-28(46-43-5)14-16-32(30)45-34/h7-9,11-16,19-22,37H,6,10,17-18,23-24H2,1-5H3/p+1. The molecule has 2 N–H and O–H groups in total. The molecule has 0 bridgehead atoms. The molecule has 0 spiro atoms. The number of amides is 1. The summed E-state index contributed by atoms with van der Waals surface area (Å²) in [6, 6.07) is 12.2. The molecule has 0 atom stereocenters. The van der Waals surface area contributed by atoms with Gasteiger partial charge in [0.25, 0.3) is 5.01 Å². The number of carboxylic acid groups (broad SMARTS) is 1. The Balaban J connectivity index is 1.36. The average molecular weight is 661 g/mol. The van der Waals surface area contributed by atoms with E-state index in [1.54, 1.807) is 25.6 Å². The molecule has 0 unspecified atom stereocenters. The second-order valence-electron chi connectivity index (χ2n) is 11.9. The van der Waals surface area contributed by atoms with E-state index in [0.717, 1.165) is 57.9 Å². The van der Waals surface area contributed by atoms with Gasteiger partial charge >= 0.3 is 6.09 Å². The highest BCUT2D eigenvalue weighted by Crippen LogP contribution is 2.41. The van der Waals surface area contributed by atoms with Crippen LogP contribution in [0.2, 0.25) is 0 Å². The molecule has 1 aromatic heterocycles. The van der Waals surface area contributed by atoms with Gasteiger partial charge in [0, 0.05) is 54.7 Å². The largest absolute Gasteiger partial charge is 0.497 e. The lowest BCUT2D eigenvalue weighted by Gasteiger charge is -2.30. The predicted octanol–water partition coefficient (Wildman–Crippen LogP) is 8.51. The maximum atomic E-state index is 11.0. The summed E-state index contributed by atoms with van der Waals surface area (Å²) in [4.78, 5) is 14.2. The van der Waals surface area contributed by atoms with Crippen molar-refractivity contribution in [1.29, 1.82) is 0 Å². The summed E-state index contributed by atoms with van der Waals surface area (Å²) in [7, 11) is 3.34. The van der Waals surface area contributed by atoms with E-state index in [4.69, 9.17) is 18.8 Å². The second-order valence-corrected chi connectivity index (χ2v) is 14.0. The van der Waals surface area contributed by atoms with Crippen LogP contribution in [0.4, 0.5) is 10.5 Å². The van der Waals surface area contributed by atoms with E-state index in [9.17, 15) is 4.79 Å². The minimum Gasteiger partial charge on any atom is -0.497 e. The molecule has 3 aromatic rings. The Labute approximate surface area is 279 Å². The lowest BCUT2D eigenvalue weighted by atomic mass is 9.75. The van der Waals surface area contributed by atoms with Gasteiger partial charge in [0.15, 0.2) is 12.3 Å². The number of aryl methyl sites for hydroxylation is 1. The SMILES string of the molecule is CCN1/C(=C/C=C/C=C/C2=CC(=C/c3sc4ccc(SOC)cc4[n+]3CCCNC(=O)O)/CC(C)(C)C2)Oc2ccc(OC)cc21. The first-order valence-electron chi connectivity index (χ1n) is 15.4. The highest BCUT2D eigenvalue weighted by atomic mass is 32.2. The molecule has 242 valence electrons. The first-order valence-corrected chi connectivity index (χ1v) is 17.0. The van der Waals surface area contributed by atoms with Gasteiger partial charge in [-0.2, -0.15) is 4.57 Å². The van der Waals surface area contributed by atoms with Crippen LogP contribution in [-0.2, 0) is 10.7 Å². The van der Waals surface area contributed by atoms with Crippen LogP contribution in [0.3, 0.4) is 0 Å². The van der Waals surface area contributed by atoms with Crippen molar-refractivity contribution in [2.75, 3.05) is 32.2 Å². The third kappa shape index (κ3) is 8.23. The molecular weight excluding hydrogens is 619 g/mol. The van der Waals surface area contributed by atoms with Gasteiger partial charge < -0.3 is 29.0 Å². The van der Waals surface area contributed by atoms with E-state index < -0.39 is 6.09 Å². The summed E-state index contributed by atoms with van der Waals surface area (Å²) < 4.78 is 20.3. The van der Waals surface area contributed by atoms with Crippen LogP contribution in [0.15, 0.2) is 94.8 Å². The normalized spacial score (nSPS) is 17.7. The van der Waals surface area contributed by atoms with Crippen LogP contribution in [0.5, 0.6) is 11.5 Å². The van der Waals surface area contributed by atoms with Crippen LogP contribution in [0.25, 0.3) is 16.3 Å². The molecule has 2 aromatic carbocycles. The number of rotatable bonds is 12. The number of fused-ring (bicyclic) bond motifs is 2. The number of hydrogen-bond donors (Lipinski definition) is 2. The molecule has 0 fully saturated rings. The van der Waals surface area contributed by atoms with Gasteiger partial charge in [-0.05, 0) is 66.7 Å². The Kier molecular flexibility index (Phi) is 10.9. The molecule has 0 radical (unpaired) electrons. The van der Waals surface area contributed by atoms with Gasteiger partial charge in [0.2, 0.25) is 11.4 Å². The van der Waals surface area contributed by atoms with Crippen molar-refractivity contribution in [3.8, 4) is 11.5 Å².